The fraction of sp³-hybridized carbons (Fsp3) is 0.583. The van der Waals surface area contributed by atoms with Gasteiger partial charge in [0.15, 0.2) is 0 Å². The zero-order valence-corrected chi connectivity index (χ0v) is 9.04. The molecule has 2 nitrogen and oxygen atoms in total. The maximum absolute atomic E-state index is 10.5. The smallest absolute Gasteiger partial charge is 0.0964 e. The van der Waals surface area contributed by atoms with Gasteiger partial charge in [-0.15, -0.1) is 0 Å². The van der Waals surface area contributed by atoms with Crippen molar-refractivity contribution >= 4 is 0 Å². The largest absolute Gasteiger partial charge is 0.385 e. The second-order valence-corrected chi connectivity index (χ2v) is 4.93. The molecule has 2 rings (SSSR count). The van der Waals surface area contributed by atoms with Gasteiger partial charge in [-0.25, -0.2) is 0 Å². The molecule has 0 aromatic carbocycles. The van der Waals surface area contributed by atoms with Gasteiger partial charge in [0.05, 0.1) is 5.60 Å². The lowest BCUT2D eigenvalue weighted by Crippen LogP contribution is -2.51. The van der Waals surface area contributed by atoms with Gasteiger partial charge in [0, 0.05) is 18.0 Å². The topological polar surface area (TPSA) is 33.1 Å². The van der Waals surface area contributed by atoms with E-state index in [4.69, 9.17) is 0 Å². The fourth-order valence-corrected chi connectivity index (χ4v) is 2.26. The summed E-state index contributed by atoms with van der Waals surface area (Å²) < 4.78 is 0. The summed E-state index contributed by atoms with van der Waals surface area (Å²) in [6.07, 6.45) is 5.51. The Hall–Kier alpha value is -0.890. The van der Waals surface area contributed by atoms with Gasteiger partial charge in [-0.2, -0.15) is 0 Å². The molecule has 1 N–H and O–H groups in total. The van der Waals surface area contributed by atoms with Crippen molar-refractivity contribution in [1.82, 2.24) is 4.98 Å². The van der Waals surface area contributed by atoms with Gasteiger partial charge in [-0.1, -0.05) is 13.8 Å². The molecule has 1 aliphatic carbocycles. The Morgan fingerprint density at radius 2 is 2.07 bits per heavy atom. The van der Waals surface area contributed by atoms with Gasteiger partial charge in [0.2, 0.25) is 0 Å². The van der Waals surface area contributed by atoms with E-state index in [1.807, 2.05) is 13.0 Å². The van der Waals surface area contributed by atoms with Crippen LogP contribution in [0, 0.1) is 12.3 Å². The third-order valence-corrected chi connectivity index (χ3v) is 3.72. The maximum atomic E-state index is 10.5. The van der Waals surface area contributed by atoms with E-state index in [-0.39, 0.29) is 5.41 Å². The van der Waals surface area contributed by atoms with Crippen molar-refractivity contribution in [2.75, 3.05) is 0 Å². The summed E-state index contributed by atoms with van der Waals surface area (Å²) in [4.78, 5) is 4.10. The molecule has 0 amide bonds. The summed E-state index contributed by atoms with van der Waals surface area (Å²) in [7, 11) is 0. The third kappa shape index (κ3) is 1.10. The minimum absolute atomic E-state index is 0.0131. The summed E-state index contributed by atoms with van der Waals surface area (Å²) in [5.41, 5.74) is 1.46. The Bertz CT molecular complexity index is 359. The Morgan fingerprint density at radius 1 is 1.36 bits per heavy atom. The summed E-state index contributed by atoms with van der Waals surface area (Å²) >= 11 is 0. The van der Waals surface area contributed by atoms with Crippen LogP contribution < -0.4 is 0 Å². The van der Waals surface area contributed by atoms with Gasteiger partial charge in [-0.3, -0.25) is 4.98 Å². The van der Waals surface area contributed by atoms with Crippen LogP contribution in [0.5, 0.6) is 0 Å². The van der Waals surface area contributed by atoms with E-state index in [0.29, 0.717) is 0 Å². The highest BCUT2D eigenvalue weighted by atomic mass is 16.3. The SMILES string of the molecule is Cc1ccncc1C1(O)CCC1(C)C. The summed E-state index contributed by atoms with van der Waals surface area (Å²) in [5, 5.41) is 10.5. The monoisotopic (exact) mass is 191 g/mol. The molecule has 0 aliphatic heterocycles. The number of aliphatic hydroxyl groups is 1. The minimum Gasteiger partial charge on any atom is -0.385 e. The summed E-state index contributed by atoms with van der Waals surface area (Å²) in [6, 6.07) is 1.96. The molecule has 1 unspecified atom stereocenters. The van der Waals surface area contributed by atoms with E-state index in [9.17, 15) is 5.11 Å². The number of hydrogen-bond acceptors (Lipinski definition) is 2. The highest BCUT2D eigenvalue weighted by Gasteiger charge is 2.53. The van der Waals surface area contributed by atoms with Crippen LogP contribution in [-0.2, 0) is 5.60 Å². The van der Waals surface area contributed by atoms with E-state index in [1.165, 1.54) is 0 Å². The first kappa shape index (κ1) is 9.66. The van der Waals surface area contributed by atoms with Crippen LogP contribution in [0.1, 0.15) is 37.8 Å². The molecule has 14 heavy (non-hydrogen) atoms. The Kier molecular flexibility index (Phi) is 1.93. The van der Waals surface area contributed by atoms with E-state index in [1.54, 1.807) is 12.4 Å². The molecule has 1 fully saturated rings. The molecular weight excluding hydrogens is 174 g/mol. The average molecular weight is 191 g/mol. The normalized spacial score (nSPS) is 29.7. The predicted molar refractivity (Wildman–Crippen MR) is 55.9 cm³/mol. The molecule has 0 spiro atoms. The lowest BCUT2D eigenvalue weighted by molar-refractivity contribution is -0.156. The van der Waals surface area contributed by atoms with Crippen LogP contribution in [-0.4, -0.2) is 10.1 Å². The summed E-state index contributed by atoms with van der Waals surface area (Å²) in [6.45, 7) is 6.26. The molecule has 0 bridgehead atoms. The van der Waals surface area contributed by atoms with Crippen LogP contribution in [0.3, 0.4) is 0 Å². The zero-order valence-electron chi connectivity index (χ0n) is 9.04. The highest BCUT2D eigenvalue weighted by molar-refractivity contribution is 5.32. The number of aryl methyl sites for hydroxylation is 1. The fourth-order valence-electron chi connectivity index (χ4n) is 2.26. The van der Waals surface area contributed by atoms with E-state index in [2.05, 4.69) is 18.8 Å². The van der Waals surface area contributed by atoms with Crippen molar-refractivity contribution in [3.05, 3.63) is 29.6 Å². The lowest BCUT2D eigenvalue weighted by Gasteiger charge is -2.53. The molecular formula is C12H17NO. The van der Waals surface area contributed by atoms with Crippen LogP contribution in [0.15, 0.2) is 18.5 Å². The Labute approximate surface area is 85.0 Å². The number of rotatable bonds is 1. The standard InChI is InChI=1S/C12H17NO/c1-9-4-7-13-8-10(9)12(14)6-5-11(12,2)3/h4,7-8,14H,5-6H2,1-3H3. The Morgan fingerprint density at radius 3 is 2.50 bits per heavy atom. The first-order chi connectivity index (χ1) is 6.47. The maximum Gasteiger partial charge on any atom is 0.0964 e. The quantitative estimate of drug-likeness (QED) is 0.739. The number of aromatic nitrogens is 1. The van der Waals surface area contributed by atoms with Crippen molar-refractivity contribution in [3.63, 3.8) is 0 Å². The van der Waals surface area contributed by atoms with Crippen LogP contribution in [0.25, 0.3) is 0 Å². The lowest BCUT2D eigenvalue weighted by atomic mass is 9.56. The molecule has 1 saturated carbocycles. The van der Waals surface area contributed by atoms with Crippen LogP contribution in [0.2, 0.25) is 0 Å². The average Bonchev–Trinajstić information content (AvgIpc) is 2.16. The second-order valence-electron chi connectivity index (χ2n) is 4.93. The van der Waals surface area contributed by atoms with Gasteiger partial charge < -0.3 is 5.11 Å². The molecule has 0 saturated heterocycles. The third-order valence-electron chi connectivity index (χ3n) is 3.72. The van der Waals surface area contributed by atoms with Crippen molar-refractivity contribution in [1.29, 1.82) is 0 Å². The molecule has 1 aliphatic rings. The molecule has 76 valence electrons. The van der Waals surface area contributed by atoms with Crippen molar-refractivity contribution in [2.45, 2.75) is 39.2 Å². The summed E-state index contributed by atoms with van der Waals surface area (Å²) in [5.74, 6) is 0. The zero-order chi connectivity index (χ0) is 10.4. The van der Waals surface area contributed by atoms with E-state index >= 15 is 0 Å². The number of hydrogen-bond donors (Lipinski definition) is 1. The highest BCUT2D eigenvalue weighted by Crippen LogP contribution is 2.56. The first-order valence-electron chi connectivity index (χ1n) is 5.11. The predicted octanol–water partition coefficient (Wildman–Crippen LogP) is 2.40. The number of nitrogens with zero attached hydrogens (tertiary/aromatic N) is 1. The molecule has 1 aromatic heterocycles. The second kappa shape index (κ2) is 2.80. The first-order valence-corrected chi connectivity index (χ1v) is 5.11. The van der Waals surface area contributed by atoms with Crippen LogP contribution in [0.4, 0.5) is 0 Å². The minimum atomic E-state index is -0.661. The van der Waals surface area contributed by atoms with Crippen molar-refractivity contribution in [2.24, 2.45) is 5.41 Å². The molecule has 1 heterocycles. The van der Waals surface area contributed by atoms with E-state index in [0.717, 1.165) is 24.0 Å². The van der Waals surface area contributed by atoms with Crippen LogP contribution >= 0.6 is 0 Å². The molecule has 1 aromatic rings. The van der Waals surface area contributed by atoms with Crippen molar-refractivity contribution < 1.29 is 5.11 Å². The Balaban J connectivity index is 2.46. The molecule has 2 heteroatoms. The van der Waals surface area contributed by atoms with Gasteiger partial charge >= 0.3 is 0 Å². The molecule has 1 atom stereocenters. The van der Waals surface area contributed by atoms with Gasteiger partial charge in [0.1, 0.15) is 0 Å². The van der Waals surface area contributed by atoms with Crippen molar-refractivity contribution in [3.8, 4) is 0 Å². The molecule has 0 radical (unpaired) electrons. The van der Waals surface area contributed by atoms with Gasteiger partial charge in [0.25, 0.3) is 0 Å². The van der Waals surface area contributed by atoms with E-state index < -0.39 is 5.60 Å². The number of pyridine rings is 1. The van der Waals surface area contributed by atoms with Gasteiger partial charge in [-0.05, 0) is 36.8 Å².